The van der Waals surface area contributed by atoms with E-state index in [4.69, 9.17) is 4.74 Å². The summed E-state index contributed by atoms with van der Waals surface area (Å²) in [6.07, 6.45) is -1.24. The average molecular weight is 275 g/mol. The number of rotatable bonds is 3. The number of carbonyl (C=O) groups is 2. The Morgan fingerprint density at radius 2 is 2.05 bits per heavy atom. The zero-order chi connectivity index (χ0) is 14.6. The van der Waals surface area contributed by atoms with Gasteiger partial charge in [-0.3, -0.25) is 0 Å². The Morgan fingerprint density at radius 3 is 2.58 bits per heavy atom. The van der Waals surface area contributed by atoms with Crippen molar-refractivity contribution in [2.45, 2.75) is 45.4 Å². The highest BCUT2D eigenvalue weighted by atomic mass is 19.1. The van der Waals surface area contributed by atoms with E-state index in [1.54, 1.807) is 25.7 Å². The second-order valence-electron chi connectivity index (χ2n) is 5.81. The van der Waals surface area contributed by atoms with Crippen LogP contribution >= 0.6 is 0 Å². The number of hydrogen-bond acceptors (Lipinski definition) is 4. The van der Waals surface area contributed by atoms with Crippen LogP contribution in [0.2, 0.25) is 0 Å². The summed E-state index contributed by atoms with van der Waals surface area (Å²) in [5, 5.41) is 0. The number of ether oxygens (including phenoxy) is 2. The van der Waals surface area contributed by atoms with Crippen molar-refractivity contribution >= 4 is 12.1 Å². The average Bonchev–Trinajstić information content (AvgIpc) is 2.74. The molecule has 1 fully saturated rings. The van der Waals surface area contributed by atoms with E-state index < -0.39 is 17.7 Å². The SMILES string of the molecule is COC(=O)C(F)CC1CCN(C(=O)OC(C)(C)C)C1. The molecule has 110 valence electrons. The summed E-state index contributed by atoms with van der Waals surface area (Å²) in [5.41, 5.74) is -0.538. The number of carbonyl (C=O) groups excluding carboxylic acids is 2. The smallest absolute Gasteiger partial charge is 0.410 e. The lowest BCUT2D eigenvalue weighted by Crippen LogP contribution is -2.35. The van der Waals surface area contributed by atoms with E-state index in [1.165, 1.54) is 0 Å². The van der Waals surface area contributed by atoms with Crippen LogP contribution in [0.15, 0.2) is 0 Å². The number of likely N-dealkylation sites (tertiary alicyclic amines) is 1. The molecule has 19 heavy (non-hydrogen) atoms. The number of halogens is 1. The Kier molecular flexibility index (Phi) is 5.14. The highest BCUT2D eigenvalue weighted by Gasteiger charge is 2.32. The minimum absolute atomic E-state index is 0.0263. The van der Waals surface area contributed by atoms with Crippen LogP contribution in [0.1, 0.15) is 33.6 Å². The van der Waals surface area contributed by atoms with E-state index in [0.29, 0.717) is 19.5 Å². The van der Waals surface area contributed by atoms with Gasteiger partial charge < -0.3 is 14.4 Å². The van der Waals surface area contributed by atoms with Crippen molar-refractivity contribution in [3.8, 4) is 0 Å². The number of nitrogens with zero attached hydrogens (tertiary/aromatic N) is 1. The van der Waals surface area contributed by atoms with Gasteiger partial charge >= 0.3 is 12.1 Å². The summed E-state index contributed by atoms with van der Waals surface area (Å²) >= 11 is 0. The van der Waals surface area contributed by atoms with E-state index in [2.05, 4.69) is 4.74 Å². The van der Waals surface area contributed by atoms with Crippen molar-refractivity contribution in [1.82, 2.24) is 4.90 Å². The second kappa shape index (κ2) is 6.21. The van der Waals surface area contributed by atoms with Crippen LogP contribution in [0.5, 0.6) is 0 Å². The van der Waals surface area contributed by atoms with E-state index in [1.807, 2.05) is 0 Å². The second-order valence-corrected chi connectivity index (χ2v) is 5.81. The minimum Gasteiger partial charge on any atom is -0.467 e. The molecule has 6 heteroatoms. The van der Waals surface area contributed by atoms with Crippen LogP contribution in [-0.2, 0) is 14.3 Å². The lowest BCUT2D eigenvalue weighted by molar-refractivity contribution is -0.147. The number of hydrogen-bond donors (Lipinski definition) is 0. The van der Waals surface area contributed by atoms with Gasteiger partial charge in [0.2, 0.25) is 0 Å². The Morgan fingerprint density at radius 1 is 1.42 bits per heavy atom. The molecule has 0 radical (unpaired) electrons. The first-order valence-corrected chi connectivity index (χ1v) is 6.42. The quantitative estimate of drug-likeness (QED) is 0.740. The fraction of sp³-hybridized carbons (Fsp3) is 0.846. The van der Waals surface area contributed by atoms with Gasteiger partial charge in [0, 0.05) is 13.1 Å². The van der Waals surface area contributed by atoms with Crippen LogP contribution < -0.4 is 0 Å². The van der Waals surface area contributed by atoms with Crippen LogP contribution in [-0.4, -0.2) is 48.9 Å². The molecule has 2 unspecified atom stereocenters. The molecular formula is C13H22FNO4. The summed E-state index contributed by atoms with van der Waals surface area (Å²) in [5.74, 6) is -0.877. The molecule has 2 atom stereocenters. The summed E-state index contributed by atoms with van der Waals surface area (Å²) < 4.78 is 23.0. The zero-order valence-electron chi connectivity index (χ0n) is 11.9. The molecule has 1 aliphatic rings. The summed E-state index contributed by atoms with van der Waals surface area (Å²) in [4.78, 5) is 24.4. The summed E-state index contributed by atoms with van der Waals surface area (Å²) in [6, 6.07) is 0. The van der Waals surface area contributed by atoms with Crippen molar-refractivity contribution in [3.63, 3.8) is 0 Å². The topological polar surface area (TPSA) is 55.8 Å². The van der Waals surface area contributed by atoms with Crippen molar-refractivity contribution in [3.05, 3.63) is 0 Å². The standard InChI is InChI=1S/C13H22FNO4/c1-13(2,3)19-12(17)15-6-5-9(8-15)7-10(14)11(16)18-4/h9-10H,5-8H2,1-4H3. The molecule has 1 rings (SSSR count). The molecule has 0 aromatic heterocycles. The summed E-state index contributed by atoms with van der Waals surface area (Å²) in [7, 11) is 1.16. The van der Waals surface area contributed by atoms with Gasteiger partial charge in [-0.2, -0.15) is 0 Å². The van der Waals surface area contributed by atoms with E-state index in [0.717, 1.165) is 7.11 Å². The molecule has 0 bridgehead atoms. The van der Waals surface area contributed by atoms with E-state index in [9.17, 15) is 14.0 Å². The Labute approximate surface area is 113 Å². The maximum absolute atomic E-state index is 13.4. The number of esters is 1. The first kappa shape index (κ1) is 15.7. The molecule has 0 aromatic rings. The third-order valence-electron chi connectivity index (χ3n) is 2.93. The molecule has 0 spiro atoms. The number of methoxy groups -OCH3 is 1. The zero-order valence-corrected chi connectivity index (χ0v) is 11.9. The fourth-order valence-electron chi connectivity index (χ4n) is 2.03. The van der Waals surface area contributed by atoms with Gasteiger partial charge in [-0.05, 0) is 39.5 Å². The Balaban J connectivity index is 2.41. The molecule has 0 N–H and O–H groups in total. The molecular weight excluding hydrogens is 253 g/mol. The molecule has 0 aliphatic carbocycles. The van der Waals surface area contributed by atoms with Crippen molar-refractivity contribution in [1.29, 1.82) is 0 Å². The van der Waals surface area contributed by atoms with Gasteiger partial charge in [0.1, 0.15) is 5.60 Å². The molecule has 1 aliphatic heterocycles. The molecule has 5 nitrogen and oxygen atoms in total. The first-order chi connectivity index (χ1) is 8.73. The van der Waals surface area contributed by atoms with E-state index in [-0.39, 0.29) is 18.4 Å². The number of amides is 1. The van der Waals surface area contributed by atoms with E-state index >= 15 is 0 Å². The Hall–Kier alpha value is -1.33. The first-order valence-electron chi connectivity index (χ1n) is 6.42. The van der Waals surface area contributed by atoms with Gasteiger partial charge in [-0.15, -0.1) is 0 Å². The molecule has 1 amide bonds. The van der Waals surface area contributed by atoms with Gasteiger partial charge in [0.15, 0.2) is 6.17 Å². The molecule has 1 saturated heterocycles. The molecule has 1 heterocycles. The third-order valence-corrected chi connectivity index (χ3v) is 2.93. The molecule has 0 aromatic carbocycles. The van der Waals surface area contributed by atoms with Gasteiger partial charge in [0.25, 0.3) is 0 Å². The minimum atomic E-state index is -1.62. The number of alkyl halides is 1. The maximum Gasteiger partial charge on any atom is 0.410 e. The predicted molar refractivity (Wildman–Crippen MR) is 67.4 cm³/mol. The highest BCUT2D eigenvalue weighted by molar-refractivity contribution is 5.74. The maximum atomic E-state index is 13.4. The van der Waals surface area contributed by atoms with Crippen molar-refractivity contribution in [2.24, 2.45) is 5.92 Å². The monoisotopic (exact) mass is 275 g/mol. The predicted octanol–water partition coefficient (Wildman–Crippen LogP) is 2.14. The van der Waals surface area contributed by atoms with Crippen LogP contribution in [0.25, 0.3) is 0 Å². The van der Waals surface area contributed by atoms with Crippen LogP contribution in [0.4, 0.5) is 9.18 Å². The highest BCUT2D eigenvalue weighted by Crippen LogP contribution is 2.24. The largest absolute Gasteiger partial charge is 0.467 e. The van der Waals surface area contributed by atoms with Crippen LogP contribution in [0, 0.1) is 5.92 Å². The lowest BCUT2D eigenvalue weighted by atomic mass is 10.0. The lowest BCUT2D eigenvalue weighted by Gasteiger charge is -2.24. The van der Waals surface area contributed by atoms with Gasteiger partial charge in [-0.1, -0.05) is 0 Å². The van der Waals surface area contributed by atoms with Gasteiger partial charge in [-0.25, -0.2) is 14.0 Å². The third kappa shape index (κ3) is 5.04. The van der Waals surface area contributed by atoms with Crippen LogP contribution in [0.3, 0.4) is 0 Å². The Bertz CT molecular complexity index is 340. The van der Waals surface area contributed by atoms with Gasteiger partial charge in [0.05, 0.1) is 7.11 Å². The van der Waals surface area contributed by atoms with Crippen molar-refractivity contribution in [2.75, 3.05) is 20.2 Å². The van der Waals surface area contributed by atoms with Crippen molar-refractivity contribution < 1.29 is 23.5 Å². The normalized spacial score (nSPS) is 21.1. The summed E-state index contributed by atoms with van der Waals surface area (Å²) in [6.45, 7) is 6.35. The fourth-order valence-corrected chi connectivity index (χ4v) is 2.03. The molecule has 0 saturated carbocycles.